The highest BCUT2D eigenvalue weighted by molar-refractivity contribution is 7.10. The second kappa shape index (κ2) is 6.57. The third-order valence-electron chi connectivity index (χ3n) is 3.14. The van der Waals surface area contributed by atoms with Gasteiger partial charge in [-0.25, -0.2) is 4.79 Å². The van der Waals surface area contributed by atoms with Gasteiger partial charge in [-0.05, 0) is 41.6 Å². The summed E-state index contributed by atoms with van der Waals surface area (Å²) in [5.41, 5.74) is 1.57. The molecule has 106 valence electrons. The lowest BCUT2D eigenvalue weighted by atomic mass is 10.0. The molecule has 2 rings (SSSR count). The Kier molecular flexibility index (Phi) is 4.79. The average Bonchev–Trinajstić information content (AvgIpc) is 2.98. The summed E-state index contributed by atoms with van der Waals surface area (Å²) < 4.78 is 4.70. The van der Waals surface area contributed by atoms with Gasteiger partial charge in [-0.15, -0.1) is 11.3 Å². The Morgan fingerprint density at radius 2 is 1.90 bits per heavy atom. The molecule has 4 heteroatoms. The highest BCUT2D eigenvalue weighted by Crippen LogP contribution is 2.29. The van der Waals surface area contributed by atoms with Crippen LogP contribution in [0, 0.1) is 5.92 Å². The Labute approximate surface area is 123 Å². The number of esters is 1. The van der Waals surface area contributed by atoms with Crippen molar-refractivity contribution in [2.75, 3.05) is 12.4 Å². The fraction of sp³-hybridized carbons (Fsp3) is 0.312. The van der Waals surface area contributed by atoms with E-state index in [4.69, 9.17) is 4.74 Å². The van der Waals surface area contributed by atoms with E-state index in [-0.39, 0.29) is 12.0 Å². The molecule has 1 aromatic heterocycles. The number of hydrogen-bond acceptors (Lipinski definition) is 4. The lowest BCUT2D eigenvalue weighted by Gasteiger charge is -2.22. The van der Waals surface area contributed by atoms with Crippen LogP contribution in [0.4, 0.5) is 5.69 Å². The Hall–Kier alpha value is -1.81. The molecule has 0 saturated heterocycles. The SMILES string of the molecule is COC(=O)c1ccc(NC(c2cccs2)C(C)C)cc1. The number of carbonyl (C=O) groups excluding carboxylic acids is 1. The largest absolute Gasteiger partial charge is 0.465 e. The summed E-state index contributed by atoms with van der Waals surface area (Å²) >= 11 is 1.75. The van der Waals surface area contributed by atoms with Gasteiger partial charge in [0.05, 0.1) is 18.7 Å². The molecule has 0 aliphatic carbocycles. The van der Waals surface area contributed by atoms with Crippen LogP contribution in [0.2, 0.25) is 0 Å². The molecule has 3 nitrogen and oxygen atoms in total. The van der Waals surface area contributed by atoms with Crippen LogP contribution in [-0.2, 0) is 4.74 Å². The van der Waals surface area contributed by atoms with Gasteiger partial charge in [0, 0.05) is 10.6 Å². The van der Waals surface area contributed by atoms with Crippen LogP contribution in [0.3, 0.4) is 0 Å². The molecular formula is C16H19NO2S. The second-order valence-electron chi connectivity index (χ2n) is 4.95. The third-order valence-corrected chi connectivity index (χ3v) is 4.10. The van der Waals surface area contributed by atoms with Crippen molar-refractivity contribution in [3.63, 3.8) is 0 Å². The molecule has 1 atom stereocenters. The van der Waals surface area contributed by atoms with Crippen LogP contribution >= 0.6 is 11.3 Å². The number of nitrogens with one attached hydrogen (secondary N) is 1. The van der Waals surface area contributed by atoms with E-state index in [1.807, 2.05) is 12.1 Å². The fourth-order valence-corrected chi connectivity index (χ4v) is 2.98. The Bertz CT molecular complexity index is 546. The molecule has 0 aliphatic rings. The van der Waals surface area contributed by atoms with Crippen molar-refractivity contribution in [2.45, 2.75) is 19.9 Å². The number of rotatable bonds is 5. The summed E-state index contributed by atoms with van der Waals surface area (Å²) in [6.45, 7) is 4.39. The van der Waals surface area contributed by atoms with Gasteiger partial charge in [-0.1, -0.05) is 19.9 Å². The molecular weight excluding hydrogens is 270 g/mol. The molecule has 0 bridgehead atoms. The maximum Gasteiger partial charge on any atom is 0.337 e. The molecule has 20 heavy (non-hydrogen) atoms. The van der Waals surface area contributed by atoms with Gasteiger partial charge in [0.25, 0.3) is 0 Å². The molecule has 0 fully saturated rings. The molecule has 1 N–H and O–H groups in total. The van der Waals surface area contributed by atoms with E-state index in [1.54, 1.807) is 23.5 Å². The van der Waals surface area contributed by atoms with Crippen LogP contribution in [0.15, 0.2) is 41.8 Å². The highest BCUT2D eigenvalue weighted by Gasteiger charge is 2.16. The summed E-state index contributed by atoms with van der Waals surface area (Å²) in [5.74, 6) is 0.171. The lowest BCUT2D eigenvalue weighted by molar-refractivity contribution is 0.0601. The minimum Gasteiger partial charge on any atom is -0.465 e. The maximum atomic E-state index is 11.4. The van der Waals surface area contributed by atoms with Crippen molar-refractivity contribution in [3.05, 3.63) is 52.2 Å². The van der Waals surface area contributed by atoms with E-state index in [0.29, 0.717) is 11.5 Å². The Balaban J connectivity index is 2.13. The normalized spacial score (nSPS) is 12.2. The summed E-state index contributed by atoms with van der Waals surface area (Å²) in [6, 6.07) is 11.9. The molecule has 1 unspecified atom stereocenters. The molecule has 0 saturated carbocycles. The van der Waals surface area contributed by atoms with Gasteiger partial charge in [0.15, 0.2) is 0 Å². The quantitative estimate of drug-likeness (QED) is 0.832. The predicted octanol–water partition coefficient (Wildman–Crippen LogP) is 4.34. The van der Waals surface area contributed by atoms with E-state index in [1.165, 1.54) is 12.0 Å². The fourth-order valence-electron chi connectivity index (χ4n) is 2.03. The van der Waals surface area contributed by atoms with Crippen molar-refractivity contribution in [3.8, 4) is 0 Å². The molecule has 0 radical (unpaired) electrons. The standard InChI is InChI=1S/C16H19NO2S/c1-11(2)15(14-5-4-10-20-14)17-13-8-6-12(7-9-13)16(18)19-3/h4-11,15,17H,1-3H3. The zero-order valence-corrected chi connectivity index (χ0v) is 12.7. The van der Waals surface area contributed by atoms with E-state index in [0.717, 1.165) is 5.69 Å². The summed E-state index contributed by atoms with van der Waals surface area (Å²) in [6.07, 6.45) is 0. The smallest absolute Gasteiger partial charge is 0.337 e. The minimum absolute atomic E-state index is 0.277. The minimum atomic E-state index is -0.310. The summed E-state index contributed by atoms with van der Waals surface area (Å²) in [7, 11) is 1.39. The predicted molar refractivity (Wildman–Crippen MR) is 83.3 cm³/mol. The van der Waals surface area contributed by atoms with Crippen molar-refractivity contribution in [1.82, 2.24) is 0 Å². The van der Waals surface area contributed by atoms with Gasteiger partial charge >= 0.3 is 5.97 Å². The van der Waals surface area contributed by atoms with Crippen molar-refractivity contribution in [1.29, 1.82) is 0 Å². The topological polar surface area (TPSA) is 38.3 Å². The zero-order chi connectivity index (χ0) is 14.5. The first-order valence-corrected chi connectivity index (χ1v) is 7.48. The number of anilines is 1. The first-order valence-electron chi connectivity index (χ1n) is 6.60. The lowest BCUT2D eigenvalue weighted by Crippen LogP contribution is -2.15. The van der Waals surface area contributed by atoms with Crippen molar-refractivity contribution < 1.29 is 9.53 Å². The van der Waals surface area contributed by atoms with Crippen molar-refractivity contribution >= 4 is 23.0 Å². The van der Waals surface area contributed by atoms with E-state index in [2.05, 4.69) is 36.7 Å². The van der Waals surface area contributed by atoms with E-state index >= 15 is 0 Å². The molecule has 0 amide bonds. The molecule has 2 aromatic rings. The Morgan fingerprint density at radius 3 is 2.40 bits per heavy atom. The third kappa shape index (κ3) is 3.39. The van der Waals surface area contributed by atoms with Crippen LogP contribution in [-0.4, -0.2) is 13.1 Å². The average molecular weight is 289 g/mol. The number of carbonyl (C=O) groups is 1. The monoisotopic (exact) mass is 289 g/mol. The Morgan fingerprint density at radius 1 is 1.20 bits per heavy atom. The zero-order valence-electron chi connectivity index (χ0n) is 11.9. The van der Waals surface area contributed by atoms with Crippen LogP contribution in [0.25, 0.3) is 0 Å². The molecule has 0 spiro atoms. The number of benzene rings is 1. The summed E-state index contributed by atoms with van der Waals surface area (Å²) in [5, 5.41) is 5.61. The highest BCUT2D eigenvalue weighted by atomic mass is 32.1. The van der Waals surface area contributed by atoms with E-state index < -0.39 is 0 Å². The van der Waals surface area contributed by atoms with E-state index in [9.17, 15) is 4.79 Å². The van der Waals surface area contributed by atoms with Gasteiger partial charge in [-0.3, -0.25) is 0 Å². The van der Waals surface area contributed by atoms with Gasteiger partial charge in [-0.2, -0.15) is 0 Å². The van der Waals surface area contributed by atoms with Gasteiger partial charge in [0.2, 0.25) is 0 Å². The second-order valence-corrected chi connectivity index (χ2v) is 5.93. The number of hydrogen-bond donors (Lipinski definition) is 1. The van der Waals surface area contributed by atoms with Crippen LogP contribution < -0.4 is 5.32 Å². The number of ether oxygens (including phenoxy) is 1. The number of methoxy groups -OCH3 is 1. The van der Waals surface area contributed by atoms with Crippen molar-refractivity contribution in [2.24, 2.45) is 5.92 Å². The maximum absolute atomic E-state index is 11.4. The van der Waals surface area contributed by atoms with Crippen LogP contribution in [0.5, 0.6) is 0 Å². The molecule has 1 heterocycles. The summed E-state index contributed by atoms with van der Waals surface area (Å²) in [4.78, 5) is 12.7. The van der Waals surface area contributed by atoms with Gasteiger partial charge < -0.3 is 10.1 Å². The number of thiophene rings is 1. The molecule has 1 aromatic carbocycles. The molecule has 0 aliphatic heterocycles. The van der Waals surface area contributed by atoms with Crippen LogP contribution in [0.1, 0.15) is 35.1 Å². The first-order chi connectivity index (χ1) is 9.61. The van der Waals surface area contributed by atoms with Gasteiger partial charge in [0.1, 0.15) is 0 Å². The first kappa shape index (κ1) is 14.6.